The van der Waals surface area contributed by atoms with Crippen LogP contribution in [0.4, 0.5) is 0 Å². The number of ether oxygens (including phenoxy) is 1. The maximum absolute atomic E-state index is 12.0. The summed E-state index contributed by atoms with van der Waals surface area (Å²) >= 11 is 3.30. The minimum absolute atomic E-state index is 0.228. The van der Waals surface area contributed by atoms with Gasteiger partial charge in [0.25, 0.3) is 0 Å². The monoisotopic (exact) mass is 346 g/mol. The van der Waals surface area contributed by atoms with Crippen LogP contribution in [0.5, 0.6) is 0 Å². The van der Waals surface area contributed by atoms with Crippen molar-refractivity contribution in [3.63, 3.8) is 0 Å². The lowest BCUT2D eigenvalue weighted by Crippen LogP contribution is -2.14. The predicted molar refractivity (Wildman–Crippen MR) is 84.7 cm³/mol. The molecule has 108 valence electrons. The molecule has 0 N–H and O–H groups in total. The van der Waals surface area contributed by atoms with Crippen molar-refractivity contribution in [3.8, 4) is 0 Å². The van der Waals surface area contributed by atoms with Gasteiger partial charge >= 0.3 is 5.97 Å². The number of benzene rings is 2. The number of aryl methyl sites for hydroxylation is 2. The van der Waals surface area contributed by atoms with Crippen molar-refractivity contribution in [2.24, 2.45) is 0 Å². The van der Waals surface area contributed by atoms with E-state index >= 15 is 0 Å². The topological polar surface area (TPSA) is 43.4 Å². The highest BCUT2D eigenvalue weighted by atomic mass is 79.9. The van der Waals surface area contributed by atoms with E-state index in [9.17, 15) is 9.59 Å². The molecule has 4 heteroatoms. The average molecular weight is 347 g/mol. The lowest BCUT2D eigenvalue weighted by molar-refractivity contribution is 0.0474. The Kier molecular flexibility index (Phi) is 4.91. The Morgan fingerprint density at radius 2 is 1.76 bits per heavy atom. The van der Waals surface area contributed by atoms with Gasteiger partial charge in [-0.2, -0.15) is 0 Å². The van der Waals surface area contributed by atoms with Gasteiger partial charge in [0.1, 0.15) is 0 Å². The van der Waals surface area contributed by atoms with Crippen molar-refractivity contribution >= 4 is 27.7 Å². The van der Waals surface area contributed by atoms with Crippen LogP contribution in [0.1, 0.15) is 31.8 Å². The molecule has 0 bridgehead atoms. The second-order valence-corrected chi connectivity index (χ2v) is 5.72. The molecule has 2 aromatic rings. The van der Waals surface area contributed by atoms with Crippen molar-refractivity contribution in [1.29, 1.82) is 0 Å². The van der Waals surface area contributed by atoms with Gasteiger partial charge in [-0.25, -0.2) is 4.79 Å². The van der Waals surface area contributed by atoms with Crippen LogP contribution in [0.2, 0.25) is 0 Å². The molecular formula is C17H15BrO3. The quantitative estimate of drug-likeness (QED) is 0.618. The first-order valence-corrected chi connectivity index (χ1v) is 7.30. The van der Waals surface area contributed by atoms with Crippen LogP contribution in [0, 0.1) is 13.8 Å². The van der Waals surface area contributed by atoms with E-state index in [0.717, 1.165) is 15.6 Å². The van der Waals surface area contributed by atoms with Gasteiger partial charge in [0.05, 0.1) is 5.56 Å². The number of halogens is 1. The smallest absolute Gasteiger partial charge is 0.338 e. The summed E-state index contributed by atoms with van der Waals surface area (Å²) in [6, 6.07) is 12.3. The second kappa shape index (κ2) is 6.68. The summed E-state index contributed by atoms with van der Waals surface area (Å²) in [5.74, 6) is -0.713. The Morgan fingerprint density at radius 1 is 1.00 bits per heavy atom. The third kappa shape index (κ3) is 4.02. The van der Waals surface area contributed by atoms with E-state index in [4.69, 9.17) is 4.74 Å². The van der Waals surface area contributed by atoms with Crippen molar-refractivity contribution in [3.05, 3.63) is 69.2 Å². The molecule has 0 aliphatic carbocycles. The van der Waals surface area contributed by atoms with Crippen LogP contribution >= 0.6 is 15.9 Å². The molecule has 0 atom stereocenters. The van der Waals surface area contributed by atoms with Crippen LogP contribution < -0.4 is 0 Å². The molecule has 2 aromatic carbocycles. The van der Waals surface area contributed by atoms with Gasteiger partial charge in [0.2, 0.25) is 0 Å². The molecule has 0 fully saturated rings. The number of esters is 1. The molecule has 21 heavy (non-hydrogen) atoms. The SMILES string of the molecule is Cc1ccc(C(=O)OCC(=O)c2cccc(Br)c2)cc1C. The van der Waals surface area contributed by atoms with Crippen molar-refractivity contribution in [2.75, 3.05) is 6.61 Å². The number of rotatable bonds is 4. The Balaban J connectivity index is 2.00. The highest BCUT2D eigenvalue weighted by molar-refractivity contribution is 9.10. The number of hydrogen-bond donors (Lipinski definition) is 0. The average Bonchev–Trinajstić information content (AvgIpc) is 2.47. The lowest BCUT2D eigenvalue weighted by atomic mass is 10.1. The highest BCUT2D eigenvalue weighted by Crippen LogP contribution is 2.13. The van der Waals surface area contributed by atoms with Crippen LogP contribution in [-0.4, -0.2) is 18.4 Å². The maximum atomic E-state index is 12.0. The summed E-state index contributed by atoms with van der Waals surface area (Å²) in [4.78, 5) is 23.9. The van der Waals surface area contributed by atoms with E-state index in [1.54, 1.807) is 30.3 Å². The summed E-state index contributed by atoms with van der Waals surface area (Å²) in [5, 5.41) is 0. The maximum Gasteiger partial charge on any atom is 0.338 e. The van der Waals surface area contributed by atoms with Crippen LogP contribution in [-0.2, 0) is 4.74 Å². The number of Topliss-reactive ketones (excluding diaryl/α,β-unsaturated/α-hetero) is 1. The Morgan fingerprint density at radius 3 is 2.43 bits per heavy atom. The van der Waals surface area contributed by atoms with E-state index in [2.05, 4.69) is 15.9 Å². The number of carbonyl (C=O) groups is 2. The first-order chi connectivity index (χ1) is 9.97. The minimum Gasteiger partial charge on any atom is -0.454 e. The number of hydrogen-bond acceptors (Lipinski definition) is 3. The van der Waals surface area contributed by atoms with Gasteiger partial charge in [0.15, 0.2) is 12.4 Å². The van der Waals surface area contributed by atoms with E-state index in [1.165, 1.54) is 0 Å². The molecule has 0 amide bonds. The largest absolute Gasteiger partial charge is 0.454 e. The van der Waals surface area contributed by atoms with Gasteiger partial charge in [-0.05, 0) is 49.2 Å². The molecule has 3 nitrogen and oxygen atoms in total. The third-order valence-electron chi connectivity index (χ3n) is 3.22. The molecule has 0 saturated carbocycles. The fourth-order valence-corrected chi connectivity index (χ4v) is 2.23. The minimum atomic E-state index is -0.485. The zero-order chi connectivity index (χ0) is 15.4. The summed E-state index contributed by atoms with van der Waals surface area (Å²) in [7, 11) is 0. The van der Waals surface area contributed by atoms with E-state index in [1.807, 2.05) is 26.0 Å². The Hall–Kier alpha value is -1.94. The van der Waals surface area contributed by atoms with E-state index in [-0.39, 0.29) is 12.4 Å². The van der Waals surface area contributed by atoms with Gasteiger partial charge in [-0.1, -0.05) is 34.1 Å². The molecule has 0 aliphatic rings. The summed E-state index contributed by atoms with van der Waals surface area (Å²) < 4.78 is 5.89. The normalized spacial score (nSPS) is 10.2. The fraction of sp³-hybridized carbons (Fsp3) is 0.176. The Labute approximate surface area is 132 Å². The molecule has 0 aliphatic heterocycles. The highest BCUT2D eigenvalue weighted by Gasteiger charge is 2.12. The lowest BCUT2D eigenvalue weighted by Gasteiger charge is -2.06. The molecule has 0 unspecified atom stereocenters. The Bertz CT molecular complexity index is 692. The van der Waals surface area contributed by atoms with Gasteiger partial charge in [-0.15, -0.1) is 0 Å². The van der Waals surface area contributed by atoms with Crippen molar-refractivity contribution in [1.82, 2.24) is 0 Å². The van der Waals surface area contributed by atoms with Crippen molar-refractivity contribution in [2.45, 2.75) is 13.8 Å². The van der Waals surface area contributed by atoms with Gasteiger partial charge < -0.3 is 4.74 Å². The molecule has 0 spiro atoms. The summed E-state index contributed by atoms with van der Waals surface area (Å²) in [5.41, 5.74) is 3.09. The summed E-state index contributed by atoms with van der Waals surface area (Å²) in [6.45, 7) is 3.64. The first-order valence-electron chi connectivity index (χ1n) is 6.50. The molecule has 0 aromatic heterocycles. The standard InChI is InChI=1S/C17H15BrO3/c1-11-6-7-14(8-12(11)2)17(20)21-10-16(19)13-4-3-5-15(18)9-13/h3-9H,10H2,1-2H3. The third-order valence-corrected chi connectivity index (χ3v) is 3.72. The van der Waals surface area contributed by atoms with Crippen LogP contribution in [0.15, 0.2) is 46.9 Å². The number of ketones is 1. The zero-order valence-electron chi connectivity index (χ0n) is 11.9. The molecule has 0 heterocycles. The molecule has 0 saturated heterocycles. The molecule has 2 rings (SSSR count). The van der Waals surface area contributed by atoms with Crippen LogP contribution in [0.25, 0.3) is 0 Å². The zero-order valence-corrected chi connectivity index (χ0v) is 13.4. The summed E-state index contributed by atoms with van der Waals surface area (Å²) in [6.07, 6.45) is 0. The van der Waals surface area contributed by atoms with Gasteiger partial charge in [-0.3, -0.25) is 4.79 Å². The predicted octanol–water partition coefficient (Wildman–Crippen LogP) is 4.11. The van der Waals surface area contributed by atoms with Crippen LogP contribution in [0.3, 0.4) is 0 Å². The second-order valence-electron chi connectivity index (χ2n) is 4.81. The van der Waals surface area contributed by atoms with E-state index in [0.29, 0.717) is 11.1 Å². The number of carbonyl (C=O) groups excluding carboxylic acids is 2. The fourth-order valence-electron chi connectivity index (χ4n) is 1.83. The van der Waals surface area contributed by atoms with E-state index < -0.39 is 5.97 Å². The molecule has 0 radical (unpaired) electrons. The first kappa shape index (κ1) is 15.4. The molecular weight excluding hydrogens is 332 g/mol. The van der Waals surface area contributed by atoms with Crippen molar-refractivity contribution < 1.29 is 14.3 Å². The van der Waals surface area contributed by atoms with Gasteiger partial charge in [0, 0.05) is 10.0 Å².